The fourth-order valence-electron chi connectivity index (χ4n) is 1.85. The van der Waals surface area contributed by atoms with Crippen molar-refractivity contribution < 1.29 is 14.7 Å². The van der Waals surface area contributed by atoms with Gasteiger partial charge in [0.15, 0.2) is 0 Å². The summed E-state index contributed by atoms with van der Waals surface area (Å²) in [6.45, 7) is 2.31. The normalized spacial score (nSPS) is 18.6. The summed E-state index contributed by atoms with van der Waals surface area (Å²) in [5.41, 5.74) is 0.831. The predicted molar refractivity (Wildman–Crippen MR) is 74.3 cm³/mol. The van der Waals surface area contributed by atoms with Crippen molar-refractivity contribution in [3.63, 3.8) is 0 Å². The molecule has 1 atom stereocenters. The molecule has 0 aromatic carbocycles. The Balaban J connectivity index is 2.00. The number of thioether (sulfide) groups is 1. The summed E-state index contributed by atoms with van der Waals surface area (Å²) < 4.78 is 0. The number of nitrogens with zero attached hydrogens (tertiary/aromatic N) is 3. The highest BCUT2D eigenvalue weighted by Crippen LogP contribution is 2.22. The van der Waals surface area contributed by atoms with Crippen molar-refractivity contribution in [1.82, 2.24) is 14.8 Å². The van der Waals surface area contributed by atoms with Crippen LogP contribution in [0, 0.1) is 6.92 Å². The van der Waals surface area contributed by atoms with Crippen molar-refractivity contribution in [2.24, 2.45) is 0 Å². The van der Waals surface area contributed by atoms with E-state index in [0.717, 1.165) is 10.7 Å². The van der Waals surface area contributed by atoms with Gasteiger partial charge in [-0.25, -0.2) is 14.6 Å². The van der Waals surface area contributed by atoms with Gasteiger partial charge in [-0.1, -0.05) is 0 Å². The average molecular weight is 301 g/mol. The minimum absolute atomic E-state index is 0.261. The number of aliphatic carboxylic acids is 1. The smallest absolute Gasteiger partial charge is 0.327 e. The molecule has 1 saturated heterocycles. The molecular formula is C11H15N3O3S2. The molecule has 0 saturated carbocycles. The third-order valence-corrected chi connectivity index (χ3v) is 4.64. The number of carbonyl (C=O) groups excluding carboxylic acids is 1. The number of carboxylic acids is 1. The molecule has 2 heterocycles. The summed E-state index contributed by atoms with van der Waals surface area (Å²) in [5.74, 6) is -0.0720. The molecule has 0 radical (unpaired) electrons. The number of aryl methyl sites for hydroxylation is 1. The van der Waals surface area contributed by atoms with E-state index in [1.54, 1.807) is 7.05 Å². The maximum Gasteiger partial charge on any atom is 0.327 e. The number of carbonyl (C=O) groups is 2. The molecule has 0 aliphatic carbocycles. The number of rotatable bonds is 3. The van der Waals surface area contributed by atoms with Gasteiger partial charge in [0.2, 0.25) is 0 Å². The zero-order valence-corrected chi connectivity index (χ0v) is 12.3. The van der Waals surface area contributed by atoms with Crippen LogP contribution in [0.25, 0.3) is 0 Å². The van der Waals surface area contributed by atoms with Crippen molar-refractivity contribution in [1.29, 1.82) is 0 Å². The Labute approximate surface area is 119 Å². The first kappa shape index (κ1) is 14.1. The molecule has 1 aliphatic heterocycles. The summed E-state index contributed by atoms with van der Waals surface area (Å²) in [6.07, 6.45) is 0. The van der Waals surface area contributed by atoms with Crippen molar-refractivity contribution in [3.05, 3.63) is 16.1 Å². The van der Waals surface area contributed by atoms with Crippen molar-refractivity contribution in [3.8, 4) is 0 Å². The van der Waals surface area contributed by atoms with Gasteiger partial charge in [-0.2, -0.15) is 0 Å². The Bertz CT molecular complexity index is 491. The van der Waals surface area contributed by atoms with Crippen LogP contribution in [0.5, 0.6) is 0 Å². The number of urea groups is 1. The van der Waals surface area contributed by atoms with E-state index in [9.17, 15) is 9.59 Å². The van der Waals surface area contributed by atoms with Crippen LogP contribution in [0.1, 0.15) is 10.7 Å². The van der Waals surface area contributed by atoms with Crippen LogP contribution >= 0.6 is 23.1 Å². The predicted octanol–water partition coefficient (Wildman–Crippen LogP) is 1.46. The highest BCUT2D eigenvalue weighted by Gasteiger charge is 2.36. The van der Waals surface area contributed by atoms with Crippen molar-refractivity contribution in [2.45, 2.75) is 19.5 Å². The minimum Gasteiger partial charge on any atom is -0.480 e. The van der Waals surface area contributed by atoms with E-state index < -0.39 is 12.0 Å². The lowest BCUT2D eigenvalue weighted by molar-refractivity contribution is -0.140. The quantitative estimate of drug-likeness (QED) is 0.915. The van der Waals surface area contributed by atoms with Crippen molar-refractivity contribution >= 4 is 35.1 Å². The van der Waals surface area contributed by atoms with Gasteiger partial charge in [0.1, 0.15) is 6.04 Å². The number of amides is 2. The van der Waals surface area contributed by atoms with E-state index in [1.165, 1.54) is 32.9 Å². The molecule has 1 aromatic heterocycles. The molecule has 0 bridgehead atoms. The van der Waals surface area contributed by atoms with E-state index in [0.29, 0.717) is 18.2 Å². The van der Waals surface area contributed by atoms with E-state index in [1.807, 2.05) is 12.3 Å². The Hall–Kier alpha value is -1.28. The molecule has 0 spiro atoms. The SMILES string of the molecule is Cc1nc(CN(C)C(=O)N2CSC[C@H]2C(=O)O)cs1. The van der Waals surface area contributed by atoms with Gasteiger partial charge in [0.25, 0.3) is 0 Å². The molecule has 6 nitrogen and oxygen atoms in total. The minimum atomic E-state index is -0.948. The molecular weight excluding hydrogens is 286 g/mol. The van der Waals surface area contributed by atoms with Gasteiger partial charge in [-0.15, -0.1) is 23.1 Å². The second kappa shape index (κ2) is 5.79. The first-order valence-electron chi connectivity index (χ1n) is 5.72. The monoisotopic (exact) mass is 301 g/mol. The highest BCUT2D eigenvalue weighted by atomic mass is 32.2. The van der Waals surface area contributed by atoms with Gasteiger partial charge >= 0.3 is 12.0 Å². The maximum atomic E-state index is 12.2. The fourth-order valence-corrected chi connectivity index (χ4v) is 3.59. The fraction of sp³-hybridized carbons (Fsp3) is 0.545. The van der Waals surface area contributed by atoms with Crippen LogP contribution < -0.4 is 0 Å². The summed E-state index contributed by atoms with van der Waals surface area (Å²) in [4.78, 5) is 30.5. The van der Waals surface area contributed by atoms with Gasteiger partial charge in [0, 0.05) is 18.2 Å². The van der Waals surface area contributed by atoms with Crippen LogP contribution in [0.3, 0.4) is 0 Å². The van der Waals surface area contributed by atoms with Crippen LogP contribution in [0.15, 0.2) is 5.38 Å². The lowest BCUT2D eigenvalue weighted by atomic mass is 10.3. The molecule has 1 aliphatic rings. The number of carboxylic acid groups (broad SMARTS) is 1. The largest absolute Gasteiger partial charge is 0.480 e. The van der Waals surface area contributed by atoms with Crippen LogP contribution in [-0.4, -0.2) is 56.6 Å². The van der Waals surface area contributed by atoms with Gasteiger partial charge in [-0.3, -0.25) is 0 Å². The summed E-state index contributed by atoms with van der Waals surface area (Å²) in [5, 5.41) is 11.9. The molecule has 2 rings (SSSR count). The number of aromatic nitrogens is 1. The third kappa shape index (κ3) is 3.19. The number of thiazole rings is 1. The number of hydrogen-bond donors (Lipinski definition) is 1. The Morgan fingerprint density at radius 1 is 1.63 bits per heavy atom. The van der Waals surface area contributed by atoms with Gasteiger partial charge in [-0.05, 0) is 6.92 Å². The first-order chi connectivity index (χ1) is 8.99. The molecule has 2 amide bonds. The molecule has 104 valence electrons. The third-order valence-electron chi connectivity index (χ3n) is 2.81. The van der Waals surface area contributed by atoms with E-state index in [4.69, 9.17) is 5.11 Å². The van der Waals surface area contributed by atoms with Crippen molar-refractivity contribution in [2.75, 3.05) is 18.7 Å². The molecule has 1 aromatic rings. The summed E-state index contributed by atoms with van der Waals surface area (Å²) in [6, 6.07) is -0.986. The Morgan fingerprint density at radius 3 is 2.95 bits per heavy atom. The summed E-state index contributed by atoms with van der Waals surface area (Å²) >= 11 is 2.99. The maximum absolute atomic E-state index is 12.2. The summed E-state index contributed by atoms with van der Waals surface area (Å²) in [7, 11) is 1.67. The van der Waals surface area contributed by atoms with Crippen LogP contribution in [0.2, 0.25) is 0 Å². The van der Waals surface area contributed by atoms with E-state index >= 15 is 0 Å². The van der Waals surface area contributed by atoms with E-state index in [-0.39, 0.29) is 6.03 Å². The molecule has 1 N–H and O–H groups in total. The highest BCUT2D eigenvalue weighted by molar-refractivity contribution is 7.99. The second-order valence-corrected chi connectivity index (χ2v) is 6.38. The second-order valence-electron chi connectivity index (χ2n) is 4.32. The van der Waals surface area contributed by atoms with Gasteiger partial charge in [0.05, 0.1) is 23.1 Å². The topological polar surface area (TPSA) is 73.7 Å². The molecule has 0 unspecified atom stereocenters. The zero-order valence-electron chi connectivity index (χ0n) is 10.7. The lowest BCUT2D eigenvalue weighted by Gasteiger charge is -2.26. The first-order valence-corrected chi connectivity index (χ1v) is 7.75. The van der Waals surface area contributed by atoms with Crippen LogP contribution in [0.4, 0.5) is 4.79 Å². The average Bonchev–Trinajstić information content (AvgIpc) is 2.97. The van der Waals surface area contributed by atoms with Crippen LogP contribution in [-0.2, 0) is 11.3 Å². The Kier molecular flexibility index (Phi) is 4.31. The van der Waals surface area contributed by atoms with E-state index in [2.05, 4.69) is 4.98 Å². The molecule has 8 heteroatoms. The van der Waals surface area contributed by atoms with Gasteiger partial charge < -0.3 is 14.9 Å². The Morgan fingerprint density at radius 2 is 2.37 bits per heavy atom. The zero-order chi connectivity index (χ0) is 14.0. The molecule has 1 fully saturated rings. The lowest BCUT2D eigenvalue weighted by Crippen LogP contribution is -2.47. The standard InChI is InChI=1S/C11H15N3O3S2/c1-7-12-8(4-19-7)3-13(2)11(17)14-6-18-5-9(14)10(15)16/h4,9H,3,5-6H2,1-2H3,(H,15,16)/t9-/m0/s1. The number of hydrogen-bond acceptors (Lipinski definition) is 5. The molecule has 19 heavy (non-hydrogen) atoms.